The third kappa shape index (κ3) is 4.35. The lowest BCUT2D eigenvalue weighted by molar-refractivity contribution is -0.0584. The van der Waals surface area contributed by atoms with Crippen molar-refractivity contribution in [3.63, 3.8) is 0 Å². The summed E-state index contributed by atoms with van der Waals surface area (Å²) in [6.45, 7) is 5.31. The van der Waals surface area contributed by atoms with Crippen LogP contribution >= 0.6 is 0 Å². The van der Waals surface area contributed by atoms with Crippen molar-refractivity contribution in [2.45, 2.75) is 44.4 Å². The molecule has 2 N–H and O–H groups in total. The second-order valence-electron chi connectivity index (χ2n) is 5.79. The summed E-state index contributed by atoms with van der Waals surface area (Å²) in [7, 11) is 0. The molecule has 1 aromatic carbocycles. The lowest BCUT2D eigenvalue weighted by Gasteiger charge is -2.27. The second kappa shape index (κ2) is 6.56. The Morgan fingerprint density at radius 1 is 1.33 bits per heavy atom. The van der Waals surface area contributed by atoms with E-state index in [2.05, 4.69) is 4.72 Å². The van der Waals surface area contributed by atoms with Crippen LogP contribution in [0.1, 0.15) is 44.9 Å². The average Bonchev–Trinajstić information content (AvgIpc) is 2.37. The fraction of sp³-hybridized carbons (Fsp3) is 0.571. The van der Waals surface area contributed by atoms with Gasteiger partial charge < -0.3 is 9.66 Å². The van der Waals surface area contributed by atoms with Crippen molar-refractivity contribution in [2.75, 3.05) is 6.61 Å². The summed E-state index contributed by atoms with van der Waals surface area (Å²) >= 11 is -1.46. The molecule has 1 unspecified atom stereocenters. The van der Waals surface area contributed by atoms with Gasteiger partial charge in [-0.05, 0) is 33.8 Å². The predicted molar refractivity (Wildman–Crippen MR) is 76.8 cm³/mol. The van der Waals surface area contributed by atoms with Crippen LogP contribution < -0.4 is 4.72 Å². The van der Waals surface area contributed by atoms with Crippen LogP contribution in [0, 0.1) is 5.82 Å². The van der Waals surface area contributed by atoms with E-state index in [-0.39, 0.29) is 5.56 Å². The van der Waals surface area contributed by atoms with E-state index >= 15 is 0 Å². The monoisotopic (exact) mass is 323 g/mol. The molecule has 3 nitrogen and oxygen atoms in total. The highest BCUT2D eigenvalue weighted by Crippen LogP contribution is 2.32. The molecule has 21 heavy (non-hydrogen) atoms. The Morgan fingerprint density at radius 3 is 2.38 bits per heavy atom. The Morgan fingerprint density at radius 2 is 1.90 bits per heavy atom. The summed E-state index contributed by atoms with van der Waals surface area (Å²) in [6, 6.07) is 2.86. The normalized spacial score (nSPS) is 15.9. The minimum Gasteiger partial charge on any atom is -0.598 e. The van der Waals surface area contributed by atoms with Gasteiger partial charge in [0.05, 0.1) is 11.6 Å². The van der Waals surface area contributed by atoms with Crippen molar-refractivity contribution in [3.05, 3.63) is 35.1 Å². The number of hydrogen-bond acceptors (Lipinski definition) is 3. The van der Waals surface area contributed by atoms with Crippen molar-refractivity contribution in [1.29, 1.82) is 0 Å². The van der Waals surface area contributed by atoms with Gasteiger partial charge in [-0.25, -0.2) is 4.39 Å². The number of benzene rings is 1. The summed E-state index contributed by atoms with van der Waals surface area (Å²) in [5, 5.41) is 8.67. The summed E-state index contributed by atoms with van der Waals surface area (Å²) in [5.41, 5.74) is -0.879. The molecule has 7 heteroatoms. The van der Waals surface area contributed by atoms with Gasteiger partial charge in [0.2, 0.25) is 0 Å². The smallest absolute Gasteiger partial charge is 0.298 e. The maximum absolute atomic E-state index is 14.2. The third-order valence-corrected chi connectivity index (χ3v) is 4.61. The van der Waals surface area contributed by atoms with Gasteiger partial charge in [-0.15, -0.1) is 4.72 Å². The molecular weight excluding hydrogens is 303 g/mol. The van der Waals surface area contributed by atoms with Crippen molar-refractivity contribution in [3.8, 4) is 0 Å². The first kappa shape index (κ1) is 18.3. The van der Waals surface area contributed by atoms with E-state index in [0.29, 0.717) is 0 Å². The Labute approximate surface area is 125 Å². The molecule has 1 rings (SSSR count). The first-order chi connectivity index (χ1) is 9.50. The number of aliphatic hydroxyl groups is 1. The number of alkyl halides is 2. The van der Waals surface area contributed by atoms with Crippen LogP contribution in [0.15, 0.2) is 18.2 Å². The molecule has 0 heterocycles. The lowest BCUT2D eigenvalue weighted by Crippen LogP contribution is -2.40. The van der Waals surface area contributed by atoms with E-state index in [0.717, 1.165) is 6.07 Å². The fourth-order valence-electron chi connectivity index (χ4n) is 1.65. The SMILES string of the molecule is C[C@H](N[S+]([O-])C(C)(C)C)c1cccc(C(F)(F)CO)c1F. The molecule has 0 aliphatic heterocycles. The molecule has 1 aromatic rings. The van der Waals surface area contributed by atoms with E-state index in [1.54, 1.807) is 27.7 Å². The summed E-state index contributed by atoms with van der Waals surface area (Å²) in [5.74, 6) is -4.74. The number of aliphatic hydroxyl groups excluding tert-OH is 1. The Kier molecular flexibility index (Phi) is 5.71. The van der Waals surface area contributed by atoms with Crippen LogP contribution in [-0.2, 0) is 17.3 Å². The molecular formula is C14H20F3NO2S. The van der Waals surface area contributed by atoms with E-state index < -0.39 is 46.1 Å². The topological polar surface area (TPSA) is 55.3 Å². The molecule has 0 spiro atoms. The summed E-state index contributed by atoms with van der Waals surface area (Å²) < 4.78 is 55.3. The molecule has 0 amide bonds. The minimum atomic E-state index is -3.65. The van der Waals surface area contributed by atoms with Gasteiger partial charge in [0.1, 0.15) is 17.2 Å². The molecule has 0 radical (unpaired) electrons. The highest BCUT2D eigenvalue weighted by molar-refractivity contribution is 7.90. The van der Waals surface area contributed by atoms with Gasteiger partial charge >= 0.3 is 0 Å². The van der Waals surface area contributed by atoms with Gasteiger partial charge in [0, 0.05) is 16.9 Å². The fourth-order valence-corrected chi connectivity index (χ4v) is 2.45. The van der Waals surface area contributed by atoms with Gasteiger partial charge in [0.15, 0.2) is 0 Å². The standard InChI is InChI=1S/C14H20F3NO2S/c1-9(18-21(20)13(2,3)4)10-6-5-7-11(12(10)15)14(16,17)8-19/h5-7,9,18-19H,8H2,1-4H3/t9-,21?/m0/s1. The average molecular weight is 323 g/mol. The molecule has 0 saturated carbocycles. The first-order valence-electron chi connectivity index (χ1n) is 6.46. The number of halogens is 3. The zero-order valence-corrected chi connectivity index (χ0v) is 13.2. The van der Waals surface area contributed by atoms with E-state index in [4.69, 9.17) is 5.11 Å². The second-order valence-corrected chi connectivity index (χ2v) is 7.79. The number of hydrogen-bond donors (Lipinski definition) is 2. The van der Waals surface area contributed by atoms with Gasteiger partial charge in [-0.3, -0.25) is 0 Å². The van der Waals surface area contributed by atoms with Crippen LogP contribution in [0.2, 0.25) is 0 Å². The maximum atomic E-state index is 14.2. The van der Waals surface area contributed by atoms with Crippen molar-refractivity contribution >= 4 is 11.4 Å². The summed E-state index contributed by atoms with van der Waals surface area (Å²) in [6.07, 6.45) is 0. The van der Waals surface area contributed by atoms with E-state index in [9.17, 15) is 17.7 Å². The maximum Gasteiger partial charge on any atom is 0.298 e. The van der Waals surface area contributed by atoms with Crippen LogP contribution in [0.5, 0.6) is 0 Å². The highest BCUT2D eigenvalue weighted by Gasteiger charge is 2.36. The molecule has 120 valence electrons. The molecule has 0 bridgehead atoms. The van der Waals surface area contributed by atoms with Crippen LogP contribution in [0.25, 0.3) is 0 Å². The zero-order valence-electron chi connectivity index (χ0n) is 12.4. The molecule has 0 saturated heterocycles. The largest absolute Gasteiger partial charge is 0.598 e. The molecule has 2 atom stereocenters. The van der Waals surface area contributed by atoms with E-state index in [1.807, 2.05) is 0 Å². The zero-order chi connectivity index (χ0) is 16.4. The summed E-state index contributed by atoms with van der Waals surface area (Å²) in [4.78, 5) is 0. The van der Waals surface area contributed by atoms with Gasteiger partial charge in [-0.2, -0.15) is 8.78 Å². The van der Waals surface area contributed by atoms with Crippen molar-refractivity contribution in [1.82, 2.24) is 4.72 Å². The van der Waals surface area contributed by atoms with E-state index in [1.165, 1.54) is 12.1 Å². The van der Waals surface area contributed by atoms with Crippen LogP contribution in [-0.4, -0.2) is 21.0 Å². The van der Waals surface area contributed by atoms with Crippen molar-refractivity contribution in [2.24, 2.45) is 0 Å². The Bertz CT molecular complexity index is 492. The highest BCUT2D eigenvalue weighted by atomic mass is 32.2. The first-order valence-corrected chi connectivity index (χ1v) is 7.61. The van der Waals surface area contributed by atoms with Gasteiger partial charge in [-0.1, -0.05) is 12.1 Å². The molecule has 0 aromatic heterocycles. The predicted octanol–water partition coefficient (Wildman–Crippen LogP) is 3.02. The molecule has 0 aliphatic rings. The van der Waals surface area contributed by atoms with Crippen molar-refractivity contribution < 1.29 is 22.8 Å². The molecule has 0 aliphatic carbocycles. The lowest BCUT2D eigenvalue weighted by atomic mass is 10.0. The number of nitrogens with one attached hydrogen (secondary N) is 1. The van der Waals surface area contributed by atoms with Gasteiger partial charge in [0.25, 0.3) is 5.92 Å². The Hall–Kier alpha value is -0.760. The quantitative estimate of drug-likeness (QED) is 0.819. The van der Waals surface area contributed by atoms with Crippen LogP contribution in [0.4, 0.5) is 13.2 Å². The van der Waals surface area contributed by atoms with Crippen LogP contribution in [0.3, 0.4) is 0 Å². The Balaban J connectivity index is 3.07. The number of rotatable bonds is 5. The molecule has 0 fully saturated rings. The minimum absolute atomic E-state index is 0.0155. The third-order valence-electron chi connectivity index (χ3n) is 2.93.